The zero-order valence-electron chi connectivity index (χ0n) is 29.7. The summed E-state index contributed by atoms with van der Waals surface area (Å²) in [6.07, 6.45) is 0. The second kappa shape index (κ2) is 10.9. The maximum absolute atomic E-state index is 3.71. The molecule has 7 aromatic rings. The van der Waals surface area contributed by atoms with Crippen LogP contribution >= 0.6 is 0 Å². The van der Waals surface area contributed by atoms with Gasteiger partial charge in [-0.3, -0.25) is 0 Å². The summed E-state index contributed by atoms with van der Waals surface area (Å²) in [6.45, 7) is 13.9. The molecule has 0 aliphatic heterocycles. The molecular weight excluding hydrogens is 601 g/mol. The molecule has 0 aromatic heterocycles. The fraction of sp³-hybridized carbons (Fsp3) is 0.160. The van der Waals surface area contributed by atoms with Crippen molar-refractivity contribution < 1.29 is 0 Å². The Morgan fingerprint density at radius 1 is 0.400 bits per heavy atom. The first-order chi connectivity index (χ1) is 24.1. The van der Waals surface area contributed by atoms with E-state index < -0.39 is 0 Å². The van der Waals surface area contributed by atoms with E-state index in [-0.39, 0.29) is 10.8 Å². The van der Waals surface area contributed by atoms with Crippen LogP contribution in [0.2, 0.25) is 0 Å². The highest BCUT2D eigenvalue weighted by Crippen LogP contribution is 2.57. The molecule has 0 N–H and O–H groups in total. The van der Waals surface area contributed by atoms with Crippen LogP contribution in [0.25, 0.3) is 55.3 Å². The van der Waals surface area contributed by atoms with Gasteiger partial charge in [0.15, 0.2) is 0 Å². The van der Waals surface area contributed by atoms with E-state index in [1.165, 1.54) is 88.7 Å². The number of hydrogen-bond acceptors (Lipinski definition) is 0. The van der Waals surface area contributed by atoms with Crippen molar-refractivity contribution in [2.75, 3.05) is 0 Å². The van der Waals surface area contributed by atoms with Gasteiger partial charge in [-0.1, -0.05) is 137 Å². The largest absolute Gasteiger partial charge is 0.0620 e. The molecule has 0 heterocycles. The Hall–Kier alpha value is -5.64. The van der Waals surface area contributed by atoms with Crippen LogP contribution in [0.3, 0.4) is 0 Å². The van der Waals surface area contributed by atoms with Crippen LogP contribution in [-0.2, 0) is 10.8 Å². The van der Waals surface area contributed by atoms with Crippen LogP contribution in [-0.4, -0.2) is 0 Å². The first-order valence-corrected chi connectivity index (χ1v) is 17.8. The summed E-state index contributed by atoms with van der Waals surface area (Å²) >= 11 is 0. The van der Waals surface area contributed by atoms with Crippen molar-refractivity contribution in [3.8, 4) is 56.3 Å². The Balaban J connectivity index is 1.23. The van der Waals surface area contributed by atoms with Crippen molar-refractivity contribution in [2.45, 2.75) is 52.4 Å². The molecule has 0 nitrogen and oxygen atoms in total. The van der Waals surface area contributed by atoms with Crippen LogP contribution in [0.5, 0.6) is 0 Å². The number of rotatable bonds is 2. The van der Waals surface area contributed by atoms with Crippen molar-refractivity contribution in [1.29, 1.82) is 0 Å². The molecule has 0 radical (unpaired) electrons. The van der Waals surface area contributed by atoms with Gasteiger partial charge >= 0.3 is 0 Å². The summed E-state index contributed by atoms with van der Waals surface area (Å²) in [7, 11) is 0. The van der Waals surface area contributed by atoms with Crippen molar-refractivity contribution in [1.82, 2.24) is 0 Å². The van der Waals surface area contributed by atoms with E-state index in [0.29, 0.717) is 0 Å². The third kappa shape index (κ3) is 4.47. The minimum atomic E-state index is -0.162. The zero-order chi connectivity index (χ0) is 34.4. The molecule has 2 aliphatic rings. The molecule has 240 valence electrons. The lowest BCUT2D eigenvalue weighted by Crippen LogP contribution is -2.17. The number of fused-ring (bicyclic) bond motifs is 8. The van der Waals surface area contributed by atoms with Gasteiger partial charge in [-0.25, -0.2) is 0 Å². The van der Waals surface area contributed by atoms with E-state index in [0.717, 1.165) is 11.1 Å². The summed E-state index contributed by atoms with van der Waals surface area (Å²) < 4.78 is 0. The van der Waals surface area contributed by atoms with Crippen LogP contribution in [0.15, 0.2) is 133 Å². The highest BCUT2D eigenvalue weighted by Gasteiger charge is 2.42. The second-order valence-electron chi connectivity index (χ2n) is 15.3. The van der Waals surface area contributed by atoms with Gasteiger partial charge in [0, 0.05) is 22.0 Å². The highest BCUT2D eigenvalue weighted by atomic mass is 14.4. The molecular formula is C50H40. The smallest absolute Gasteiger partial charge is 0.0331 e. The SMILES string of the molecule is Cc1ccccc1-c1cc(C#Cc2cc3c(c4ccccc24)-c2cc4c(cc2C3(C)C)-c2ccccc2C4(C)C)cc(-c2ccccc2C)c1. The summed E-state index contributed by atoms with van der Waals surface area (Å²) in [5, 5.41) is 2.49. The standard InChI is InChI=1S/C50H40/c1-31-15-7-9-17-37(31)35-25-33(26-36(27-35)38-18-10-8-16-32(38)2)23-24-34-28-47-48(41-21-12-11-19-39(34)41)43-30-45-42(29-46(43)50(47,5)6)40-20-13-14-22-44(40)49(45,3)4/h7-22,25-30H,1-6H3. The Morgan fingerprint density at radius 3 is 1.58 bits per heavy atom. The molecule has 0 bridgehead atoms. The van der Waals surface area contributed by atoms with Crippen LogP contribution in [0.4, 0.5) is 0 Å². The molecule has 0 saturated carbocycles. The van der Waals surface area contributed by atoms with E-state index in [9.17, 15) is 0 Å². The number of hydrogen-bond donors (Lipinski definition) is 0. The van der Waals surface area contributed by atoms with E-state index in [4.69, 9.17) is 0 Å². The summed E-state index contributed by atoms with van der Waals surface area (Å²) in [4.78, 5) is 0. The first-order valence-electron chi connectivity index (χ1n) is 17.8. The zero-order valence-corrected chi connectivity index (χ0v) is 29.7. The summed E-state index contributed by atoms with van der Waals surface area (Å²) in [5.41, 5.74) is 20.4. The average molecular weight is 641 g/mol. The van der Waals surface area contributed by atoms with Gasteiger partial charge in [0.2, 0.25) is 0 Å². The van der Waals surface area contributed by atoms with Crippen molar-refractivity contribution in [2.24, 2.45) is 0 Å². The predicted molar refractivity (Wildman–Crippen MR) is 212 cm³/mol. The molecule has 0 amide bonds. The third-order valence-electron chi connectivity index (χ3n) is 11.6. The normalized spacial score (nSPS) is 14.4. The lowest BCUT2D eigenvalue weighted by Gasteiger charge is -2.24. The van der Waals surface area contributed by atoms with Gasteiger partial charge in [0.05, 0.1) is 0 Å². The molecule has 0 spiro atoms. The van der Waals surface area contributed by atoms with Gasteiger partial charge < -0.3 is 0 Å². The highest BCUT2D eigenvalue weighted by molar-refractivity contribution is 6.06. The van der Waals surface area contributed by atoms with Gasteiger partial charge in [-0.15, -0.1) is 0 Å². The second-order valence-corrected chi connectivity index (χ2v) is 15.3. The number of aryl methyl sites for hydroxylation is 2. The Kier molecular flexibility index (Phi) is 6.65. The van der Waals surface area contributed by atoms with Crippen LogP contribution in [0, 0.1) is 25.7 Å². The maximum Gasteiger partial charge on any atom is 0.0331 e. The van der Waals surface area contributed by atoms with E-state index in [2.05, 4.69) is 187 Å². The molecule has 50 heavy (non-hydrogen) atoms. The first kappa shape index (κ1) is 30.4. The lowest BCUT2D eigenvalue weighted by molar-refractivity contribution is 0.652. The molecule has 0 fully saturated rings. The Morgan fingerprint density at radius 2 is 0.920 bits per heavy atom. The van der Waals surface area contributed by atoms with Crippen molar-refractivity contribution in [3.05, 3.63) is 178 Å². The molecule has 0 atom stereocenters. The summed E-state index contributed by atoms with van der Waals surface area (Å²) in [6, 6.07) is 49.3. The Bertz CT molecular complexity index is 2550. The van der Waals surface area contributed by atoms with Crippen molar-refractivity contribution in [3.63, 3.8) is 0 Å². The topological polar surface area (TPSA) is 0 Å². The minimum absolute atomic E-state index is 0.0426. The summed E-state index contributed by atoms with van der Waals surface area (Å²) in [5.74, 6) is 7.37. The fourth-order valence-electron chi connectivity index (χ4n) is 8.82. The monoisotopic (exact) mass is 640 g/mol. The molecule has 0 heteroatoms. The quantitative estimate of drug-likeness (QED) is 0.165. The van der Waals surface area contributed by atoms with Gasteiger partial charge in [0.1, 0.15) is 0 Å². The van der Waals surface area contributed by atoms with Gasteiger partial charge in [0.25, 0.3) is 0 Å². The van der Waals surface area contributed by atoms with Crippen LogP contribution in [0.1, 0.15) is 72.2 Å². The lowest BCUT2D eigenvalue weighted by atomic mass is 9.79. The molecule has 2 aliphatic carbocycles. The molecule has 0 saturated heterocycles. The van der Waals surface area contributed by atoms with E-state index >= 15 is 0 Å². The van der Waals surface area contributed by atoms with E-state index in [1.54, 1.807) is 0 Å². The molecule has 0 unspecified atom stereocenters. The van der Waals surface area contributed by atoms with Gasteiger partial charge in [-0.05, 0) is 139 Å². The number of benzene rings is 7. The predicted octanol–water partition coefficient (Wildman–Crippen LogP) is 12.8. The minimum Gasteiger partial charge on any atom is -0.0620 e. The third-order valence-corrected chi connectivity index (χ3v) is 11.6. The van der Waals surface area contributed by atoms with Crippen molar-refractivity contribution >= 4 is 10.8 Å². The average Bonchev–Trinajstić information content (AvgIpc) is 3.49. The maximum atomic E-state index is 3.71. The fourth-order valence-corrected chi connectivity index (χ4v) is 8.82. The molecule has 9 rings (SSSR count). The van der Waals surface area contributed by atoms with Crippen LogP contribution < -0.4 is 0 Å². The van der Waals surface area contributed by atoms with Gasteiger partial charge in [-0.2, -0.15) is 0 Å². The molecule has 7 aromatic carbocycles. The van der Waals surface area contributed by atoms with E-state index in [1.807, 2.05) is 0 Å². The Labute approximate surface area is 296 Å².